The van der Waals surface area contributed by atoms with Gasteiger partial charge in [0.15, 0.2) is 9.84 Å². The number of nitrogens with zero attached hydrogens (tertiary/aromatic N) is 1. The predicted octanol–water partition coefficient (Wildman–Crippen LogP) is 0.633. The van der Waals surface area contributed by atoms with Crippen molar-refractivity contribution in [2.75, 3.05) is 24.7 Å². The van der Waals surface area contributed by atoms with E-state index < -0.39 is 9.84 Å². The molecule has 108 valence electrons. The fourth-order valence-corrected chi connectivity index (χ4v) is 4.70. The smallest absolute Gasteiger partial charge is 0.254 e. The molecule has 0 aromatic heterocycles. The van der Waals surface area contributed by atoms with Crippen LogP contribution in [0.15, 0.2) is 24.3 Å². The largest absolute Gasteiger partial charge is 0.373 e. The van der Waals surface area contributed by atoms with Crippen LogP contribution in [0.3, 0.4) is 0 Å². The lowest BCUT2D eigenvalue weighted by Crippen LogP contribution is -2.53. The number of carbonyl (C=O) groups excluding carboxylic acids is 1. The summed E-state index contributed by atoms with van der Waals surface area (Å²) in [6.45, 7) is 2.81. The third-order valence-electron chi connectivity index (χ3n) is 3.90. The molecule has 0 spiro atoms. The number of morpholine rings is 1. The highest BCUT2D eigenvalue weighted by Gasteiger charge is 2.45. The second kappa shape index (κ2) is 4.86. The van der Waals surface area contributed by atoms with Gasteiger partial charge in [-0.15, -0.1) is 0 Å². The second-order valence-corrected chi connectivity index (χ2v) is 7.57. The van der Waals surface area contributed by atoms with Crippen LogP contribution in [0, 0.1) is 6.92 Å². The number of sulfone groups is 1. The summed E-state index contributed by atoms with van der Waals surface area (Å²) in [6, 6.07) is 6.99. The molecule has 0 N–H and O–H groups in total. The van der Waals surface area contributed by atoms with Crippen LogP contribution in [-0.4, -0.2) is 56.0 Å². The van der Waals surface area contributed by atoms with E-state index in [2.05, 4.69) is 0 Å². The Morgan fingerprint density at radius 3 is 2.65 bits per heavy atom. The molecule has 2 aliphatic heterocycles. The van der Waals surface area contributed by atoms with Crippen LogP contribution in [0.2, 0.25) is 0 Å². The van der Waals surface area contributed by atoms with Crippen molar-refractivity contribution < 1.29 is 17.9 Å². The Kier molecular flexibility index (Phi) is 3.30. The molecule has 20 heavy (non-hydrogen) atoms. The number of carbonyl (C=O) groups is 1. The van der Waals surface area contributed by atoms with Crippen molar-refractivity contribution in [1.82, 2.24) is 4.90 Å². The first-order chi connectivity index (χ1) is 9.46. The van der Waals surface area contributed by atoms with Gasteiger partial charge in [0, 0.05) is 12.1 Å². The number of hydrogen-bond donors (Lipinski definition) is 0. The topological polar surface area (TPSA) is 63.7 Å². The minimum absolute atomic E-state index is 0.00919. The van der Waals surface area contributed by atoms with Crippen LogP contribution >= 0.6 is 0 Å². The summed E-state index contributed by atoms with van der Waals surface area (Å²) < 4.78 is 29.0. The predicted molar refractivity (Wildman–Crippen MR) is 74.4 cm³/mol. The molecule has 1 amide bonds. The molecule has 2 aliphatic rings. The Labute approximate surface area is 118 Å². The number of ether oxygens (including phenoxy) is 1. The molecule has 2 unspecified atom stereocenters. The summed E-state index contributed by atoms with van der Waals surface area (Å²) in [5.41, 5.74) is 1.69. The quantitative estimate of drug-likeness (QED) is 0.762. The molecule has 1 aromatic carbocycles. The lowest BCUT2D eigenvalue weighted by Gasteiger charge is -2.36. The highest BCUT2D eigenvalue weighted by Crippen LogP contribution is 2.26. The minimum atomic E-state index is -3.10. The van der Waals surface area contributed by atoms with Gasteiger partial charge >= 0.3 is 0 Å². The molecule has 2 fully saturated rings. The van der Waals surface area contributed by atoms with Gasteiger partial charge in [-0.2, -0.15) is 0 Å². The molecule has 2 saturated heterocycles. The summed E-state index contributed by atoms with van der Waals surface area (Å²) in [5.74, 6) is -0.0784. The molecule has 2 heterocycles. The molecule has 3 rings (SSSR count). The lowest BCUT2D eigenvalue weighted by molar-refractivity contribution is -0.0361. The molecule has 6 heteroatoms. The number of aryl methyl sites for hydroxylation is 1. The Bertz CT molecular complexity index is 623. The fourth-order valence-electron chi connectivity index (χ4n) is 2.83. The van der Waals surface area contributed by atoms with Gasteiger partial charge in [0.1, 0.15) is 0 Å². The Hall–Kier alpha value is -1.40. The molecular formula is C14H17NO4S. The highest BCUT2D eigenvalue weighted by atomic mass is 32.2. The van der Waals surface area contributed by atoms with Crippen molar-refractivity contribution >= 4 is 15.7 Å². The lowest BCUT2D eigenvalue weighted by atomic mass is 10.1. The standard InChI is InChI=1S/C14H17NO4S/c1-10-2-4-11(5-3-10)14(16)15-6-7-19-13-9-20(17,18)8-12(13)15/h2-5,12-13H,6-9H2,1H3. The molecule has 5 nitrogen and oxygen atoms in total. The van der Waals surface area contributed by atoms with E-state index in [0.717, 1.165) is 5.56 Å². The van der Waals surface area contributed by atoms with Crippen molar-refractivity contribution in [2.24, 2.45) is 0 Å². The third-order valence-corrected chi connectivity index (χ3v) is 5.58. The first kappa shape index (κ1) is 13.6. The van der Waals surface area contributed by atoms with Gasteiger partial charge in [-0.3, -0.25) is 4.79 Å². The molecule has 1 aromatic rings. The zero-order valence-electron chi connectivity index (χ0n) is 11.3. The molecule has 0 saturated carbocycles. The van der Waals surface area contributed by atoms with Crippen LogP contribution in [-0.2, 0) is 14.6 Å². The van der Waals surface area contributed by atoms with Crippen LogP contribution in [0.4, 0.5) is 0 Å². The third kappa shape index (κ3) is 2.45. The van der Waals surface area contributed by atoms with E-state index in [0.29, 0.717) is 18.7 Å². The van der Waals surface area contributed by atoms with Crippen LogP contribution in [0.1, 0.15) is 15.9 Å². The number of fused-ring (bicyclic) bond motifs is 1. The summed E-state index contributed by atoms with van der Waals surface area (Å²) >= 11 is 0. The van der Waals surface area contributed by atoms with Gasteiger partial charge < -0.3 is 9.64 Å². The highest BCUT2D eigenvalue weighted by molar-refractivity contribution is 7.91. The van der Waals surface area contributed by atoms with Crippen molar-refractivity contribution in [3.8, 4) is 0 Å². The first-order valence-electron chi connectivity index (χ1n) is 6.66. The maximum absolute atomic E-state index is 12.5. The first-order valence-corrected chi connectivity index (χ1v) is 8.48. The number of hydrogen-bond acceptors (Lipinski definition) is 4. The summed E-state index contributed by atoms with van der Waals surface area (Å²) in [5, 5.41) is 0. The fraction of sp³-hybridized carbons (Fsp3) is 0.500. The van der Waals surface area contributed by atoms with E-state index in [9.17, 15) is 13.2 Å². The van der Waals surface area contributed by atoms with Crippen LogP contribution < -0.4 is 0 Å². The summed E-state index contributed by atoms with van der Waals surface area (Å²) in [4.78, 5) is 14.2. The average molecular weight is 295 g/mol. The average Bonchev–Trinajstić information content (AvgIpc) is 2.72. The van der Waals surface area contributed by atoms with Gasteiger partial charge in [0.2, 0.25) is 0 Å². The number of amides is 1. The molecule has 0 bridgehead atoms. The Morgan fingerprint density at radius 1 is 1.25 bits per heavy atom. The monoisotopic (exact) mass is 295 g/mol. The maximum Gasteiger partial charge on any atom is 0.254 e. The zero-order valence-corrected chi connectivity index (χ0v) is 12.1. The Morgan fingerprint density at radius 2 is 1.95 bits per heavy atom. The molecular weight excluding hydrogens is 278 g/mol. The van der Waals surface area contributed by atoms with E-state index in [-0.39, 0.29) is 29.6 Å². The molecule has 0 radical (unpaired) electrons. The second-order valence-electron chi connectivity index (χ2n) is 5.42. The summed E-state index contributed by atoms with van der Waals surface area (Å²) in [6.07, 6.45) is -0.372. The van der Waals surface area contributed by atoms with Gasteiger partial charge in [-0.05, 0) is 19.1 Å². The molecule has 0 aliphatic carbocycles. The van der Waals surface area contributed by atoms with Gasteiger partial charge in [-0.25, -0.2) is 8.42 Å². The Balaban J connectivity index is 1.85. The van der Waals surface area contributed by atoms with Crippen molar-refractivity contribution in [1.29, 1.82) is 0 Å². The maximum atomic E-state index is 12.5. The SMILES string of the molecule is Cc1ccc(C(=O)N2CCOC3CS(=O)(=O)CC32)cc1. The van der Waals surface area contributed by atoms with Crippen LogP contribution in [0.25, 0.3) is 0 Å². The summed E-state index contributed by atoms with van der Waals surface area (Å²) in [7, 11) is -3.10. The van der Waals surface area contributed by atoms with E-state index >= 15 is 0 Å². The zero-order chi connectivity index (χ0) is 14.3. The normalized spacial score (nSPS) is 28.1. The van der Waals surface area contributed by atoms with E-state index in [1.54, 1.807) is 17.0 Å². The van der Waals surface area contributed by atoms with E-state index in [4.69, 9.17) is 4.74 Å². The minimum Gasteiger partial charge on any atom is -0.373 e. The van der Waals surface area contributed by atoms with Crippen molar-refractivity contribution in [3.05, 3.63) is 35.4 Å². The number of benzene rings is 1. The number of rotatable bonds is 1. The van der Waals surface area contributed by atoms with Crippen LogP contribution in [0.5, 0.6) is 0 Å². The van der Waals surface area contributed by atoms with Crippen molar-refractivity contribution in [2.45, 2.75) is 19.1 Å². The van der Waals surface area contributed by atoms with E-state index in [1.165, 1.54) is 0 Å². The van der Waals surface area contributed by atoms with Crippen molar-refractivity contribution in [3.63, 3.8) is 0 Å². The van der Waals surface area contributed by atoms with Gasteiger partial charge in [-0.1, -0.05) is 17.7 Å². The van der Waals surface area contributed by atoms with E-state index in [1.807, 2.05) is 19.1 Å². The van der Waals surface area contributed by atoms with Gasteiger partial charge in [0.25, 0.3) is 5.91 Å². The molecule has 2 atom stereocenters. The van der Waals surface area contributed by atoms with Gasteiger partial charge in [0.05, 0.1) is 30.3 Å².